The lowest BCUT2D eigenvalue weighted by atomic mass is 9.76. The first kappa shape index (κ1) is 52.6. The van der Waals surface area contributed by atoms with Crippen LogP contribution in [0.3, 0.4) is 0 Å². The van der Waals surface area contributed by atoms with Gasteiger partial charge in [-0.1, -0.05) is 19.9 Å². The van der Waals surface area contributed by atoms with Gasteiger partial charge in [-0.15, -0.1) is 0 Å². The Morgan fingerprint density at radius 2 is 1.63 bits per heavy atom. The van der Waals surface area contributed by atoms with Gasteiger partial charge in [0.15, 0.2) is 12.6 Å². The minimum absolute atomic E-state index is 0.0422. The number of anilines is 1. The number of fused-ring (bicyclic) bond motifs is 1. The van der Waals surface area contributed by atoms with Crippen molar-refractivity contribution in [2.75, 3.05) is 39.6 Å². The van der Waals surface area contributed by atoms with Crippen LogP contribution in [-0.4, -0.2) is 172 Å². The van der Waals surface area contributed by atoms with Gasteiger partial charge >= 0.3 is 5.97 Å². The molecule has 4 heterocycles. The number of amides is 1. The SMILES string of the molecule is COC1(C)CC(O[C@H]2C[C@@H](OC3OC(C)CC(N(C)C)C3O)[C@](C)(O)C[C@@H](C)C(=O)[C@H](C)[C@@H](O)[C@](C)(O)[C@@H](CCNC(=O)CNc3cccc4ncccc34)OC(=O)[C@@H]2C)OC(C)C1O. The maximum Gasteiger partial charge on any atom is 0.311 e. The molecular formula is C47H74N4O14. The van der Waals surface area contributed by atoms with E-state index in [1.54, 1.807) is 40.0 Å². The van der Waals surface area contributed by atoms with Gasteiger partial charge < -0.3 is 69.5 Å². The summed E-state index contributed by atoms with van der Waals surface area (Å²) in [6, 6.07) is 8.83. The molecule has 5 rings (SSSR count). The van der Waals surface area contributed by atoms with Gasteiger partial charge in [0.25, 0.3) is 0 Å². The van der Waals surface area contributed by atoms with E-state index in [1.165, 1.54) is 27.9 Å². The predicted octanol–water partition coefficient (Wildman–Crippen LogP) is 2.30. The van der Waals surface area contributed by atoms with Crippen molar-refractivity contribution in [3.8, 4) is 0 Å². The molecule has 0 saturated carbocycles. The van der Waals surface area contributed by atoms with E-state index in [4.69, 9.17) is 28.4 Å². The molecule has 0 radical (unpaired) electrons. The van der Waals surface area contributed by atoms with E-state index in [-0.39, 0.29) is 50.9 Å². The van der Waals surface area contributed by atoms with Crippen molar-refractivity contribution < 1.29 is 68.3 Å². The monoisotopic (exact) mass is 919 g/mol. The average molecular weight is 919 g/mol. The minimum Gasteiger partial charge on any atom is -0.459 e. The van der Waals surface area contributed by atoms with Crippen LogP contribution in [0.5, 0.6) is 0 Å². The third-order valence-corrected chi connectivity index (χ3v) is 13.9. The van der Waals surface area contributed by atoms with E-state index in [0.717, 1.165) is 10.9 Å². The number of cyclic esters (lactones) is 1. The molecule has 8 unspecified atom stereocenters. The lowest BCUT2D eigenvalue weighted by Gasteiger charge is -2.47. The van der Waals surface area contributed by atoms with E-state index < -0.39 is 108 Å². The lowest BCUT2D eigenvalue weighted by Crippen LogP contribution is -2.59. The van der Waals surface area contributed by atoms with Crippen LogP contribution in [0.1, 0.15) is 87.5 Å². The fourth-order valence-electron chi connectivity index (χ4n) is 9.51. The molecule has 18 nitrogen and oxygen atoms in total. The zero-order valence-electron chi connectivity index (χ0n) is 39.8. The summed E-state index contributed by atoms with van der Waals surface area (Å²) in [6.07, 6.45) is -9.53. The van der Waals surface area contributed by atoms with Crippen molar-refractivity contribution in [3.05, 3.63) is 36.5 Å². The summed E-state index contributed by atoms with van der Waals surface area (Å²) in [5.41, 5.74) is -3.71. The molecule has 7 N–H and O–H groups in total. The molecule has 3 aliphatic heterocycles. The number of aliphatic hydroxyl groups excluding tert-OH is 3. The molecule has 65 heavy (non-hydrogen) atoms. The largest absolute Gasteiger partial charge is 0.459 e. The predicted molar refractivity (Wildman–Crippen MR) is 239 cm³/mol. The first-order chi connectivity index (χ1) is 30.4. The summed E-state index contributed by atoms with van der Waals surface area (Å²) >= 11 is 0. The van der Waals surface area contributed by atoms with Crippen LogP contribution in [0.25, 0.3) is 10.9 Å². The maximum absolute atomic E-state index is 14.5. The zero-order valence-corrected chi connectivity index (χ0v) is 39.8. The molecule has 3 aliphatic rings. The van der Waals surface area contributed by atoms with Crippen LogP contribution < -0.4 is 10.6 Å². The number of hydrogen-bond donors (Lipinski definition) is 7. The summed E-state index contributed by atoms with van der Waals surface area (Å²) in [5, 5.41) is 65.6. The number of benzene rings is 1. The Labute approximate surface area is 382 Å². The Balaban J connectivity index is 1.46. The molecule has 1 aromatic carbocycles. The summed E-state index contributed by atoms with van der Waals surface area (Å²) in [6.45, 7) is 12.4. The number of methoxy groups -OCH3 is 1. The molecule has 0 spiro atoms. The number of esters is 1. The number of carbonyl (C=O) groups is 3. The van der Waals surface area contributed by atoms with Gasteiger partial charge in [-0.25, -0.2) is 0 Å². The molecule has 1 amide bonds. The Kier molecular flexibility index (Phi) is 17.5. The van der Waals surface area contributed by atoms with Gasteiger partial charge in [0.05, 0.1) is 59.7 Å². The molecule has 17 atom stereocenters. The van der Waals surface area contributed by atoms with Crippen molar-refractivity contribution in [3.63, 3.8) is 0 Å². The van der Waals surface area contributed by atoms with Crippen molar-refractivity contribution in [1.82, 2.24) is 15.2 Å². The van der Waals surface area contributed by atoms with Gasteiger partial charge in [0.1, 0.15) is 29.7 Å². The van der Waals surface area contributed by atoms with E-state index in [0.29, 0.717) is 12.1 Å². The average Bonchev–Trinajstić information content (AvgIpc) is 3.25. The van der Waals surface area contributed by atoms with Crippen LogP contribution >= 0.6 is 0 Å². The Hall–Kier alpha value is -3.40. The smallest absolute Gasteiger partial charge is 0.311 e. The Morgan fingerprint density at radius 3 is 2.31 bits per heavy atom. The van der Waals surface area contributed by atoms with E-state index in [2.05, 4.69) is 15.6 Å². The topological polar surface area (TPSA) is 248 Å². The summed E-state index contributed by atoms with van der Waals surface area (Å²) in [7, 11) is 5.12. The zero-order chi connectivity index (χ0) is 48.2. The first-order valence-electron chi connectivity index (χ1n) is 22.8. The summed E-state index contributed by atoms with van der Waals surface area (Å²) in [5.74, 6) is -5.04. The highest BCUT2D eigenvalue weighted by Crippen LogP contribution is 2.39. The summed E-state index contributed by atoms with van der Waals surface area (Å²) in [4.78, 5) is 48.0. The van der Waals surface area contributed by atoms with Gasteiger partial charge in [0.2, 0.25) is 5.91 Å². The highest BCUT2D eigenvalue weighted by molar-refractivity contribution is 5.93. The van der Waals surface area contributed by atoms with Gasteiger partial charge in [-0.3, -0.25) is 19.4 Å². The lowest BCUT2D eigenvalue weighted by molar-refractivity contribution is -0.308. The van der Waals surface area contributed by atoms with Gasteiger partial charge in [-0.05, 0) is 92.7 Å². The molecule has 1 aromatic heterocycles. The third kappa shape index (κ3) is 12.4. The van der Waals surface area contributed by atoms with Crippen molar-refractivity contribution in [2.24, 2.45) is 17.8 Å². The molecule has 0 bridgehead atoms. The second kappa shape index (κ2) is 21.7. The number of carbonyl (C=O) groups excluding carboxylic acids is 3. The molecule has 0 aliphatic carbocycles. The second-order valence-corrected chi connectivity index (χ2v) is 19.4. The molecular weight excluding hydrogens is 845 g/mol. The summed E-state index contributed by atoms with van der Waals surface area (Å²) < 4.78 is 37.3. The number of aromatic nitrogens is 1. The number of rotatable bonds is 12. The van der Waals surface area contributed by atoms with Crippen LogP contribution in [0, 0.1) is 17.8 Å². The molecule has 3 saturated heterocycles. The first-order valence-corrected chi connectivity index (χ1v) is 22.8. The number of likely N-dealkylation sites (N-methyl/N-ethyl adjacent to an activating group) is 1. The van der Waals surface area contributed by atoms with E-state index in [9.17, 15) is 39.9 Å². The number of Topliss-reactive ketones (excluding diaryl/α,β-unsaturated/α-hetero) is 1. The van der Waals surface area contributed by atoms with Crippen LogP contribution in [0.2, 0.25) is 0 Å². The Morgan fingerprint density at radius 1 is 0.923 bits per heavy atom. The minimum atomic E-state index is -2.22. The molecule has 366 valence electrons. The quantitative estimate of drug-likeness (QED) is 0.151. The van der Waals surface area contributed by atoms with Crippen LogP contribution in [0.15, 0.2) is 36.5 Å². The second-order valence-electron chi connectivity index (χ2n) is 19.4. The number of hydrogen-bond acceptors (Lipinski definition) is 17. The van der Waals surface area contributed by atoms with Gasteiger partial charge in [0, 0.05) is 68.1 Å². The van der Waals surface area contributed by atoms with Crippen LogP contribution in [-0.2, 0) is 42.8 Å². The fraction of sp³-hybridized carbons (Fsp3) is 0.745. The number of aliphatic hydroxyl groups is 5. The highest BCUT2D eigenvalue weighted by Gasteiger charge is 2.52. The number of ketones is 1. The van der Waals surface area contributed by atoms with Crippen molar-refractivity contribution in [2.45, 2.75) is 172 Å². The number of nitrogens with one attached hydrogen (secondary N) is 2. The number of pyridine rings is 1. The molecule has 2 aromatic rings. The van der Waals surface area contributed by atoms with Crippen LogP contribution in [0.4, 0.5) is 5.69 Å². The number of nitrogens with zero attached hydrogens (tertiary/aromatic N) is 2. The third-order valence-electron chi connectivity index (χ3n) is 13.9. The maximum atomic E-state index is 14.5. The molecule has 18 heteroatoms. The van der Waals surface area contributed by atoms with Crippen molar-refractivity contribution >= 4 is 34.3 Å². The Bertz CT molecular complexity index is 1910. The normalized spacial score (nSPS) is 40.3. The highest BCUT2D eigenvalue weighted by atomic mass is 16.7. The standard InChI is InChI=1S/C47H74N4O14/c1-25-22-45(6,58)36(65-44-40(54)33(51(9)10)20-26(2)61-44)21-34(63-38-23-46(7,60-11)42(56)29(5)62-38)27(3)43(57)64-35(47(8,59)41(55)28(4)39(25)53)17-19-49-37(52)24-50-32-16-12-15-31-30(32)14-13-18-48-31/h12-16,18,25-29,33-36,38,40-42,44,50,54-56,58-59H,17,19-24H2,1-11H3,(H,49,52)/t25-,26?,27-,28+,29?,33?,34+,35-,36-,38?,40?,41-,42?,44?,45-,46?,47-/m1/s1. The number of ether oxygens (including phenoxy) is 6. The van der Waals surface area contributed by atoms with E-state index >= 15 is 0 Å². The fourth-order valence-corrected chi connectivity index (χ4v) is 9.51. The molecule has 3 fully saturated rings. The van der Waals surface area contributed by atoms with Gasteiger partial charge in [-0.2, -0.15) is 0 Å². The van der Waals surface area contributed by atoms with Crippen molar-refractivity contribution in [1.29, 1.82) is 0 Å². The van der Waals surface area contributed by atoms with E-state index in [1.807, 2.05) is 50.2 Å².